The number of nitrogens with one attached hydrogen (secondary N) is 2. The first-order chi connectivity index (χ1) is 15.0. The fourth-order valence-electron chi connectivity index (χ4n) is 2.60. The van der Waals surface area contributed by atoms with Gasteiger partial charge in [0.2, 0.25) is 0 Å². The monoisotopic (exact) mass is 412 g/mol. The minimum atomic E-state index is -0.897. The number of benzene rings is 3. The van der Waals surface area contributed by atoms with Crippen molar-refractivity contribution in [3.8, 4) is 11.8 Å². The molecular formula is C24H20N4O3. The Hall–Kier alpha value is -4.44. The molecule has 31 heavy (non-hydrogen) atoms. The maximum atomic E-state index is 12.0. The highest BCUT2D eigenvalue weighted by Crippen LogP contribution is 2.15. The average Bonchev–Trinajstić information content (AvgIpc) is 2.82. The smallest absolute Gasteiger partial charge is 0.329 e. The normalized spacial score (nSPS) is 10.6. The molecular weight excluding hydrogens is 392 g/mol. The van der Waals surface area contributed by atoms with Crippen LogP contribution >= 0.6 is 0 Å². The second-order valence-corrected chi connectivity index (χ2v) is 6.58. The second-order valence-electron chi connectivity index (χ2n) is 6.58. The Morgan fingerprint density at radius 3 is 2.26 bits per heavy atom. The van der Waals surface area contributed by atoms with Gasteiger partial charge in [-0.05, 0) is 66.6 Å². The van der Waals surface area contributed by atoms with Crippen molar-refractivity contribution in [1.29, 1.82) is 5.26 Å². The molecule has 0 bridgehead atoms. The molecule has 7 nitrogen and oxygen atoms in total. The lowest BCUT2D eigenvalue weighted by Gasteiger charge is -2.08. The molecule has 0 saturated carbocycles. The van der Waals surface area contributed by atoms with Crippen molar-refractivity contribution in [2.24, 2.45) is 5.10 Å². The van der Waals surface area contributed by atoms with E-state index in [2.05, 4.69) is 15.8 Å². The van der Waals surface area contributed by atoms with E-state index in [1.807, 2.05) is 60.7 Å². The molecule has 7 heteroatoms. The van der Waals surface area contributed by atoms with Crippen molar-refractivity contribution >= 4 is 23.2 Å². The molecule has 0 aliphatic carbocycles. The van der Waals surface area contributed by atoms with Crippen LogP contribution in [0.3, 0.4) is 0 Å². The molecule has 0 unspecified atom stereocenters. The average molecular weight is 412 g/mol. The molecule has 0 atom stereocenters. The number of hydrazone groups is 1. The number of carbonyl (C=O) groups is 2. The fourth-order valence-corrected chi connectivity index (χ4v) is 2.60. The van der Waals surface area contributed by atoms with Crippen LogP contribution in [0.25, 0.3) is 0 Å². The third-order valence-corrected chi connectivity index (χ3v) is 4.32. The van der Waals surface area contributed by atoms with Crippen molar-refractivity contribution in [3.05, 3.63) is 95.6 Å². The van der Waals surface area contributed by atoms with Crippen molar-refractivity contribution in [1.82, 2.24) is 5.43 Å². The molecule has 0 fully saturated rings. The van der Waals surface area contributed by atoms with Crippen LogP contribution in [0.2, 0.25) is 0 Å². The minimum absolute atomic E-state index is 0.408. The first-order valence-corrected chi connectivity index (χ1v) is 9.48. The summed E-state index contributed by atoms with van der Waals surface area (Å²) in [7, 11) is 0. The third kappa shape index (κ3) is 6.27. The van der Waals surface area contributed by atoms with Gasteiger partial charge in [0.25, 0.3) is 0 Å². The molecule has 0 aromatic heterocycles. The lowest BCUT2D eigenvalue weighted by molar-refractivity contribution is -0.136. The van der Waals surface area contributed by atoms with Crippen molar-refractivity contribution in [2.75, 3.05) is 5.32 Å². The van der Waals surface area contributed by atoms with Gasteiger partial charge in [0.15, 0.2) is 0 Å². The SMILES string of the molecule is CC(=NNC(=O)C(=O)Nc1ccc(C#N)cc1)c1ccc(OCc2ccccc2)cc1. The van der Waals surface area contributed by atoms with E-state index >= 15 is 0 Å². The van der Waals surface area contributed by atoms with E-state index in [0.717, 1.165) is 11.1 Å². The van der Waals surface area contributed by atoms with Gasteiger partial charge in [0.1, 0.15) is 12.4 Å². The number of anilines is 1. The van der Waals surface area contributed by atoms with Gasteiger partial charge < -0.3 is 10.1 Å². The van der Waals surface area contributed by atoms with E-state index in [-0.39, 0.29) is 0 Å². The molecule has 0 saturated heterocycles. The molecule has 0 aliphatic heterocycles. The molecule has 3 aromatic carbocycles. The van der Waals surface area contributed by atoms with Crippen LogP contribution in [0.15, 0.2) is 84.0 Å². The van der Waals surface area contributed by atoms with Crippen LogP contribution in [0.4, 0.5) is 5.69 Å². The third-order valence-electron chi connectivity index (χ3n) is 4.32. The molecule has 3 aromatic rings. The number of ether oxygens (including phenoxy) is 1. The molecule has 154 valence electrons. The topological polar surface area (TPSA) is 104 Å². The summed E-state index contributed by atoms with van der Waals surface area (Å²) in [6.07, 6.45) is 0. The Labute approximate surface area is 180 Å². The predicted molar refractivity (Wildman–Crippen MR) is 117 cm³/mol. The Balaban J connectivity index is 1.52. The van der Waals surface area contributed by atoms with E-state index in [9.17, 15) is 9.59 Å². The van der Waals surface area contributed by atoms with Crippen LogP contribution < -0.4 is 15.5 Å². The predicted octanol–water partition coefficient (Wildman–Crippen LogP) is 3.62. The van der Waals surface area contributed by atoms with Crippen molar-refractivity contribution in [2.45, 2.75) is 13.5 Å². The Morgan fingerprint density at radius 2 is 1.61 bits per heavy atom. The van der Waals surface area contributed by atoms with E-state index in [1.54, 1.807) is 31.2 Å². The van der Waals surface area contributed by atoms with Crippen LogP contribution in [0.1, 0.15) is 23.6 Å². The number of hydrogen-bond donors (Lipinski definition) is 2. The number of nitriles is 1. The molecule has 0 radical (unpaired) electrons. The number of nitrogens with zero attached hydrogens (tertiary/aromatic N) is 2. The highest BCUT2D eigenvalue weighted by atomic mass is 16.5. The second kappa shape index (κ2) is 10.4. The molecule has 0 heterocycles. The molecule has 0 spiro atoms. The summed E-state index contributed by atoms with van der Waals surface area (Å²) >= 11 is 0. The van der Waals surface area contributed by atoms with Crippen LogP contribution in [0, 0.1) is 11.3 Å². The summed E-state index contributed by atoms with van der Waals surface area (Å²) in [6.45, 7) is 2.19. The van der Waals surface area contributed by atoms with Crippen LogP contribution in [-0.4, -0.2) is 17.5 Å². The molecule has 3 rings (SSSR count). The quantitative estimate of drug-likeness (QED) is 0.367. The highest BCUT2D eigenvalue weighted by Gasteiger charge is 2.13. The summed E-state index contributed by atoms with van der Waals surface area (Å²) in [5.41, 5.74) is 5.49. The fraction of sp³-hybridized carbons (Fsp3) is 0.0833. The van der Waals surface area contributed by atoms with E-state index in [1.165, 1.54) is 0 Å². The number of amides is 2. The van der Waals surface area contributed by atoms with Gasteiger partial charge in [-0.2, -0.15) is 10.4 Å². The maximum Gasteiger partial charge on any atom is 0.329 e. The van der Waals surface area contributed by atoms with Crippen LogP contribution in [0.5, 0.6) is 5.75 Å². The lowest BCUT2D eigenvalue weighted by atomic mass is 10.1. The number of hydrogen-bond acceptors (Lipinski definition) is 5. The lowest BCUT2D eigenvalue weighted by Crippen LogP contribution is -2.32. The Morgan fingerprint density at radius 1 is 0.935 bits per heavy atom. The first kappa shape index (κ1) is 21.3. The number of rotatable bonds is 6. The summed E-state index contributed by atoms with van der Waals surface area (Å²) < 4.78 is 5.75. The zero-order valence-corrected chi connectivity index (χ0v) is 16.8. The van der Waals surface area contributed by atoms with E-state index in [0.29, 0.717) is 29.3 Å². The minimum Gasteiger partial charge on any atom is -0.489 e. The van der Waals surface area contributed by atoms with Gasteiger partial charge in [-0.1, -0.05) is 30.3 Å². The van der Waals surface area contributed by atoms with Gasteiger partial charge in [0.05, 0.1) is 17.3 Å². The van der Waals surface area contributed by atoms with Gasteiger partial charge in [0, 0.05) is 5.69 Å². The molecule has 0 aliphatic rings. The van der Waals surface area contributed by atoms with E-state index in [4.69, 9.17) is 10.00 Å². The largest absolute Gasteiger partial charge is 0.489 e. The Kier molecular flexibility index (Phi) is 7.12. The van der Waals surface area contributed by atoms with Gasteiger partial charge in [-0.3, -0.25) is 9.59 Å². The van der Waals surface area contributed by atoms with Gasteiger partial charge >= 0.3 is 11.8 Å². The zero-order chi connectivity index (χ0) is 22.1. The summed E-state index contributed by atoms with van der Waals surface area (Å²) in [6, 6.07) is 25.3. The standard InChI is InChI=1S/C24H20N4O3/c1-17(20-9-13-22(14-10-20)31-16-19-5-3-2-4-6-19)27-28-24(30)23(29)26-21-11-7-18(15-25)8-12-21/h2-14H,16H2,1H3,(H,26,29)(H,28,30). The van der Waals surface area contributed by atoms with Gasteiger partial charge in [-0.25, -0.2) is 5.43 Å². The van der Waals surface area contributed by atoms with Gasteiger partial charge in [-0.15, -0.1) is 0 Å². The Bertz CT molecular complexity index is 1120. The van der Waals surface area contributed by atoms with Crippen molar-refractivity contribution in [3.63, 3.8) is 0 Å². The van der Waals surface area contributed by atoms with Crippen LogP contribution in [-0.2, 0) is 16.2 Å². The maximum absolute atomic E-state index is 12.0. The zero-order valence-electron chi connectivity index (χ0n) is 16.8. The summed E-state index contributed by atoms with van der Waals surface area (Å²) in [5.74, 6) is -1.04. The van der Waals surface area contributed by atoms with Crippen molar-refractivity contribution < 1.29 is 14.3 Å². The van der Waals surface area contributed by atoms with E-state index < -0.39 is 11.8 Å². The first-order valence-electron chi connectivity index (χ1n) is 9.48. The number of carbonyl (C=O) groups excluding carboxylic acids is 2. The summed E-state index contributed by atoms with van der Waals surface area (Å²) in [5, 5.41) is 15.2. The summed E-state index contributed by atoms with van der Waals surface area (Å²) in [4.78, 5) is 24.0. The highest BCUT2D eigenvalue weighted by molar-refractivity contribution is 6.39. The molecule has 2 N–H and O–H groups in total. The molecule has 2 amide bonds.